The number of methoxy groups -OCH3 is 1. The van der Waals surface area contributed by atoms with Crippen molar-refractivity contribution in [3.05, 3.63) is 11.7 Å². The largest absolute Gasteiger partial charge is 0.360 e. The summed E-state index contributed by atoms with van der Waals surface area (Å²) in [5.74, 6) is 1.18. The summed E-state index contributed by atoms with van der Waals surface area (Å²) in [6.45, 7) is 6.51. The molecular formula is C9H18N3O3PS. The van der Waals surface area contributed by atoms with Gasteiger partial charge in [0.05, 0.1) is 0 Å². The van der Waals surface area contributed by atoms with Crippen LogP contribution in [0.25, 0.3) is 0 Å². The minimum absolute atomic E-state index is 0.195. The molecule has 2 atom stereocenters. The number of nitrogens with zero attached hydrogens (tertiary/aromatic N) is 2. The molecular weight excluding hydrogens is 261 g/mol. The molecule has 0 aromatic carbocycles. The van der Waals surface area contributed by atoms with Gasteiger partial charge in [0.15, 0.2) is 18.4 Å². The van der Waals surface area contributed by atoms with Crippen molar-refractivity contribution in [1.29, 1.82) is 0 Å². The van der Waals surface area contributed by atoms with Crippen molar-refractivity contribution in [2.45, 2.75) is 32.1 Å². The topological polar surface area (TPSA) is 77.2 Å². The minimum Gasteiger partial charge on any atom is -0.360 e. The van der Waals surface area contributed by atoms with Crippen LogP contribution in [0.3, 0.4) is 0 Å². The highest BCUT2D eigenvalue weighted by Gasteiger charge is 2.22. The molecule has 0 bridgehead atoms. The summed E-state index contributed by atoms with van der Waals surface area (Å²) in [7, 11) is -0.419. The third-order valence-corrected chi connectivity index (χ3v) is 5.11. The van der Waals surface area contributed by atoms with Crippen molar-refractivity contribution in [1.82, 2.24) is 15.2 Å². The van der Waals surface area contributed by atoms with Crippen LogP contribution in [0.15, 0.2) is 4.52 Å². The number of nitrogens with one attached hydrogen (secondary N) is 1. The number of hydrogen-bond acceptors (Lipinski definition) is 6. The number of ether oxygens (including phenoxy) is 1. The molecule has 0 saturated heterocycles. The molecule has 1 aromatic heterocycles. The first-order valence-electron chi connectivity index (χ1n) is 5.39. The maximum atomic E-state index is 11.6. The standard InChI is InChI=1S/C9H18N3O3PS/c1-5-10-16(13)17-9(14-4)8-11-7(6(2)3)12-15-8/h6,9,16H,5H2,1-4H3,(H,10,13). The van der Waals surface area contributed by atoms with Gasteiger partial charge < -0.3 is 9.26 Å². The first kappa shape index (κ1) is 14.7. The van der Waals surface area contributed by atoms with E-state index in [9.17, 15) is 4.57 Å². The highest BCUT2D eigenvalue weighted by Crippen LogP contribution is 2.45. The first-order valence-corrected chi connectivity index (χ1v) is 8.40. The van der Waals surface area contributed by atoms with E-state index in [1.807, 2.05) is 20.8 Å². The van der Waals surface area contributed by atoms with Gasteiger partial charge in [-0.25, -0.2) is 0 Å². The molecule has 17 heavy (non-hydrogen) atoms. The summed E-state index contributed by atoms with van der Waals surface area (Å²) in [6.07, 6.45) is 0. The lowest BCUT2D eigenvalue weighted by Gasteiger charge is -2.09. The van der Waals surface area contributed by atoms with Crippen LogP contribution >= 0.6 is 18.5 Å². The van der Waals surface area contributed by atoms with Crippen molar-refractivity contribution >= 4 is 18.5 Å². The highest BCUT2D eigenvalue weighted by atomic mass is 32.7. The Morgan fingerprint density at radius 3 is 2.76 bits per heavy atom. The monoisotopic (exact) mass is 279 g/mol. The lowest BCUT2D eigenvalue weighted by Crippen LogP contribution is -2.02. The summed E-state index contributed by atoms with van der Waals surface area (Å²) < 4.78 is 21.9. The van der Waals surface area contributed by atoms with Gasteiger partial charge in [0, 0.05) is 13.0 Å². The maximum absolute atomic E-state index is 11.6. The van der Waals surface area contributed by atoms with E-state index in [1.54, 1.807) is 0 Å². The van der Waals surface area contributed by atoms with Crippen molar-refractivity contribution in [2.75, 3.05) is 13.7 Å². The zero-order chi connectivity index (χ0) is 12.8. The molecule has 98 valence electrons. The highest BCUT2D eigenvalue weighted by molar-refractivity contribution is 8.51. The molecule has 0 fully saturated rings. The van der Waals surface area contributed by atoms with Crippen molar-refractivity contribution in [3.63, 3.8) is 0 Å². The second-order valence-corrected chi connectivity index (χ2v) is 7.06. The first-order chi connectivity index (χ1) is 8.08. The van der Waals surface area contributed by atoms with Gasteiger partial charge in [-0.05, 0) is 17.9 Å². The Labute approximate surface area is 105 Å². The fourth-order valence-corrected chi connectivity index (χ4v) is 3.78. The lowest BCUT2D eigenvalue weighted by molar-refractivity contribution is 0.143. The van der Waals surface area contributed by atoms with Gasteiger partial charge in [-0.1, -0.05) is 25.9 Å². The van der Waals surface area contributed by atoms with Gasteiger partial charge in [-0.15, -0.1) is 0 Å². The molecule has 0 saturated carbocycles. The fraction of sp³-hybridized carbons (Fsp3) is 0.778. The summed E-state index contributed by atoms with van der Waals surface area (Å²) >= 11 is 1.16. The van der Waals surface area contributed by atoms with Crippen LogP contribution in [0.5, 0.6) is 0 Å². The summed E-state index contributed by atoms with van der Waals surface area (Å²) in [5.41, 5.74) is -0.486. The van der Waals surface area contributed by atoms with Crippen LogP contribution in [-0.2, 0) is 9.30 Å². The SMILES string of the molecule is CCN[PH](=O)SC(OC)c1nc(C(C)C)no1. The van der Waals surface area contributed by atoms with E-state index in [-0.39, 0.29) is 5.92 Å². The third-order valence-electron chi connectivity index (χ3n) is 1.92. The van der Waals surface area contributed by atoms with Gasteiger partial charge in [0.25, 0.3) is 5.89 Å². The van der Waals surface area contributed by atoms with E-state index >= 15 is 0 Å². The Bertz CT molecular complexity index is 372. The van der Waals surface area contributed by atoms with E-state index in [4.69, 9.17) is 9.26 Å². The second-order valence-electron chi connectivity index (χ2n) is 3.65. The van der Waals surface area contributed by atoms with E-state index in [0.29, 0.717) is 18.3 Å². The van der Waals surface area contributed by atoms with E-state index < -0.39 is 12.6 Å². The summed E-state index contributed by atoms with van der Waals surface area (Å²) in [4.78, 5) is 4.22. The predicted molar refractivity (Wildman–Crippen MR) is 68.4 cm³/mol. The molecule has 0 spiro atoms. The van der Waals surface area contributed by atoms with Crippen molar-refractivity contribution < 1.29 is 13.8 Å². The summed E-state index contributed by atoms with van der Waals surface area (Å²) in [6, 6.07) is 0. The Morgan fingerprint density at radius 1 is 1.59 bits per heavy atom. The Kier molecular flexibility index (Phi) is 6.19. The van der Waals surface area contributed by atoms with Gasteiger partial charge in [-0.2, -0.15) is 4.98 Å². The van der Waals surface area contributed by atoms with Gasteiger partial charge in [0.1, 0.15) is 0 Å². The zero-order valence-corrected chi connectivity index (χ0v) is 12.2. The molecule has 0 aliphatic carbocycles. The summed E-state index contributed by atoms with van der Waals surface area (Å²) in [5, 5.41) is 6.70. The normalized spacial score (nSPS) is 15.1. The lowest BCUT2D eigenvalue weighted by atomic mass is 10.2. The van der Waals surface area contributed by atoms with Crippen LogP contribution in [-0.4, -0.2) is 23.8 Å². The Morgan fingerprint density at radius 2 is 2.29 bits per heavy atom. The third kappa shape index (κ3) is 4.43. The maximum Gasteiger partial charge on any atom is 0.266 e. The number of hydrogen-bond donors (Lipinski definition) is 1. The zero-order valence-electron chi connectivity index (χ0n) is 10.4. The molecule has 0 amide bonds. The van der Waals surface area contributed by atoms with Crippen molar-refractivity contribution in [2.24, 2.45) is 0 Å². The fourth-order valence-electron chi connectivity index (χ4n) is 1.06. The van der Waals surface area contributed by atoms with Crippen molar-refractivity contribution in [3.8, 4) is 0 Å². The Hall–Kier alpha value is -0.360. The van der Waals surface area contributed by atoms with Crippen LogP contribution in [0.2, 0.25) is 0 Å². The predicted octanol–water partition coefficient (Wildman–Crippen LogP) is 2.57. The van der Waals surface area contributed by atoms with E-state index in [2.05, 4.69) is 15.2 Å². The van der Waals surface area contributed by atoms with E-state index in [1.165, 1.54) is 7.11 Å². The molecule has 0 aliphatic heterocycles. The molecule has 8 heteroatoms. The number of aromatic nitrogens is 2. The average Bonchev–Trinajstić information content (AvgIpc) is 2.75. The van der Waals surface area contributed by atoms with Crippen LogP contribution < -0.4 is 5.09 Å². The molecule has 0 aliphatic rings. The quantitative estimate of drug-likeness (QED) is 0.607. The molecule has 1 heterocycles. The molecule has 1 N–H and O–H groups in total. The van der Waals surface area contributed by atoms with Crippen LogP contribution in [0, 0.1) is 0 Å². The van der Waals surface area contributed by atoms with Gasteiger partial charge in [0.2, 0.25) is 0 Å². The molecule has 0 radical (unpaired) electrons. The molecule has 1 aromatic rings. The Balaban J connectivity index is 2.68. The second kappa shape index (κ2) is 7.16. The minimum atomic E-state index is -1.95. The smallest absolute Gasteiger partial charge is 0.266 e. The molecule has 6 nitrogen and oxygen atoms in total. The average molecular weight is 279 g/mol. The number of rotatable bonds is 7. The van der Waals surface area contributed by atoms with Crippen LogP contribution in [0.1, 0.15) is 43.8 Å². The molecule has 1 rings (SSSR count). The van der Waals surface area contributed by atoms with E-state index in [0.717, 1.165) is 11.4 Å². The van der Waals surface area contributed by atoms with Gasteiger partial charge in [-0.3, -0.25) is 9.65 Å². The van der Waals surface area contributed by atoms with Crippen LogP contribution in [0.4, 0.5) is 0 Å². The van der Waals surface area contributed by atoms with Gasteiger partial charge >= 0.3 is 0 Å². The molecule has 2 unspecified atom stereocenters.